The quantitative estimate of drug-likeness (QED) is 0.903. The number of benzene rings is 1. The van der Waals surface area contributed by atoms with Crippen molar-refractivity contribution >= 4 is 21.9 Å². The van der Waals surface area contributed by atoms with Crippen molar-refractivity contribution in [2.24, 2.45) is 0 Å². The van der Waals surface area contributed by atoms with Gasteiger partial charge in [-0.05, 0) is 40.5 Å². The molecule has 2 aromatic rings. The van der Waals surface area contributed by atoms with Gasteiger partial charge in [0, 0.05) is 0 Å². The molecule has 0 saturated carbocycles. The Labute approximate surface area is 116 Å². The maximum Gasteiger partial charge on any atom is 0.335 e. The largest absolute Gasteiger partial charge is 0.478 e. The van der Waals surface area contributed by atoms with E-state index in [9.17, 15) is 9.59 Å². The van der Waals surface area contributed by atoms with E-state index in [2.05, 4.69) is 25.9 Å². The number of carboxylic acid groups (broad SMARTS) is 1. The van der Waals surface area contributed by atoms with Crippen molar-refractivity contribution in [1.29, 1.82) is 0 Å². The molecular formula is C12H9BrN2O4. The summed E-state index contributed by atoms with van der Waals surface area (Å²) in [4.78, 5) is 28.5. The van der Waals surface area contributed by atoms with Gasteiger partial charge in [0.1, 0.15) is 10.2 Å². The predicted molar refractivity (Wildman–Crippen MR) is 70.8 cm³/mol. The lowest BCUT2D eigenvalue weighted by Gasteiger charge is -2.09. The fourth-order valence-corrected chi connectivity index (χ4v) is 1.68. The van der Waals surface area contributed by atoms with Crippen LogP contribution in [-0.4, -0.2) is 21.0 Å². The van der Waals surface area contributed by atoms with Crippen molar-refractivity contribution in [2.45, 2.75) is 6.92 Å². The predicted octanol–water partition coefficient (Wildman–Crippen LogP) is 2.33. The SMILES string of the molecule is Cc1ccc(C(=O)O)cc1Oc1nc[nH]c(=O)c1Br. The smallest absolute Gasteiger partial charge is 0.335 e. The summed E-state index contributed by atoms with van der Waals surface area (Å²) in [5.74, 6) is -0.643. The lowest BCUT2D eigenvalue weighted by atomic mass is 10.1. The van der Waals surface area contributed by atoms with Gasteiger partial charge in [-0.2, -0.15) is 0 Å². The van der Waals surface area contributed by atoms with Gasteiger partial charge in [0.15, 0.2) is 0 Å². The molecule has 0 spiro atoms. The maximum atomic E-state index is 11.4. The zero-order chi connectivity index (χ0) is 14.0. The Morgan fingerprint density at radius 3 is 2.89 bits per heavy atom. The summed E-state index contributed by atoms with van der Waals surface area (Å²) < 4.78 is 5.62. The van der Waals surface area contributed by atoms with Crippen molar-refractivity contribution < 1.29 is 14.6 Å². The molecule has 0 aliphatic carbocycles. The molecule has 0 fully saturated rings. The molecule has 0 unspecified atom stereocenters. The van der Waals surface area contributed by atoms with E-state index in [4.69, 9.17) is 9.84 Å². The summed E-state index contributed by atoms with van der Waals surface area (Å²) in [5.41, 5.74) is 0.456. The Kier molecular flexibility index (Phi) is 3.66. The molecule has 6 nitrogen and oxygen atoms in total. The van der Waals surface area contributed by atoms with E-state index >= 15 is 0 Å². The number of hydrogen-bond donors (Lipinski definition) is 2. The normalized spacial score (nSPS) is 10.2. The van der Waals surface area contributed by atoms with Gasteiger partial charge in [0.05, 0.1) is 11.9 Å². The lowest BCUT2D eigenvalue weighted by Crippen LogP contribution is -2.08. The molecule has 0 saturated heterocycles. The number of H-pyrrole nitrogens is 1. The minimum Gasteiger partial charge on any atom is -0.478 e. The molecule has 0 aliphatic heterocycles. The van der Waals surface area contributed by atoms with Crippen LogP contribution in [0.5, 0.6) is 11.6 Å². The van der Waals surface area contributed by atoms with E-state index in [0.717, 1.165) is 5.56 Å². The van der Waals surface area contributed by atoms with Gasteiger partial charge in [-0.15, -0.1) is 0 Å². The van der Waals surface area contributed by atoms with E-state index in [1.54, 1.807) is 13.0 Å². The number of carbonyl (C=O) groups is 1. The van der Waals surface area contributed by atoms with Gasteiger partial charge in [0.2, 0.25) is 5.88 Å². The number of carboxylic acids is 1. The number of ether oxygens (including phenoxy) is 1. The summed E-state index contributed by atoms with van der Waals surface area (Å²) in [6.45, 7) is 1.77. The maximum absolute atomic E-state index is 11.4. The van der Waals surface area contributed by atoms with Crippen LogP contribution in [0.3, 0.4) is 0 Å². The van der Waals surface area contributed by atoms with Crippen LogP contribution in [0.15, 0.2) is 33.8 Å². The number of hydrogen-bond acceptors (Lipinski definition) is 4. The highest BCUT2D eigenvalue weighted by Crippen LogP contribution is 2.27. The molecule has 1 heterocycles. The van der Waals surface area contributed by atoms with E-state index in [1.807, 2.05) is 0 Å². The Morgan fingerprint density at radius 2 is 2.21 bits per heavy atom. The van der Waals surface area contributed by atoms with E-state index in [1.165, 1.54) is 18.5 Å². The minimum atomic E-state index is -1.05. The van der Waals surface area contributed by atoms with Crippen LogP contribution >= 0.6 is 15.9 Å². The van der Waals surface area contributed by atoms with Gasteiger partial charge in [-0.3, -0.25) is 4.79 Å². The van der Waals surface area contributed by atoms with Crippen molar-refractivity contribution in [3.63, 3.8) is 0 Å². The van der Waals surface area contributed by atoms with Gasteiger partial charge in [-0.1, -0.05) is 6.07 Å². The average molecular weight is 325 g/mol. The molecule has 1 aromatic carbocycles. The average Bonchev–Trinajstić information content (AvgIpc) is 2.37. The second-order valence-corrected chi connectivity index (χ2v) is 4.53. The highest BCUT2D eigenvalue weighted by atomic mass is 79.9. The highest BCUT2D eigenvalue weighted by molar-refractivity contribution is 9.10. The third-order valence-electron chi connectivity index (χ3n) is 2.41. The van der Waals surface area contributed by atoms with Crippen molar-refractivity contribution in [3.8, 4) is 11.6 Å². The number of halogens is 1. The van der Waals surface area contributed by atoms with Gasteiger partial charge >= 0.3 is 5.97 Å². The topological polar surface area (TPSA) is 92.3 Å². The van der Waals surface area contributed by atoms with E-state index in [-0.39, 0.29) is 21.5 Å². The standard InChI is InChI=1S/C12H9BrN2O4/c1-6-2-3-7(12(17)18)4-8(6)19-11-9(13)10(16)14-5-15-11/h2-5H,1H3,(H,17,18)(H,14,15,16). The number of aromatic carboxylic acids is 1. The first-order valence-electron chi connectivity index (χ1n) is 5.24. The van der Waals surface area contributed by atoms with Crippen LogP contribution in [0.4, 0.5) is 0 Å². The molecule has 2 rings (SSSR count). The molecular weight excluding hydrogens is 316 g/mol. The fourth-order valence-electron chi connectivity index (χ4n) is 1.39. The first-order valence-corrected chi connectivity index (χ1v) is 6.03. The zero-order valence-corrected chi connectivity index (χ0v) is 11.4. The van der Waals surface area contributed by atoms with Gasteiger partial charge < -0.3 is 14.8 Å². The lowest BCUT2D eigenvalue weighted by molar-refractivity contribution is 0.0696. The minimum absolute atomic E-state index is 0.0781. The number of nitrogens with one attached hydrogen (secondary N) is 1. The van der Waals surface area contributed by atoms with Crippen molar-refractivity contribution in [3.05, 3.63) is 50.5 Å². The Hall–Kier alpha value is -2.15. The molecule has 7 heteroatoms. The fraction of sp³-hybridized carbons (Fsp3) is 0.0833. The van der Waals surface area contributed by atoms with E-state index < -0.39 is 5.97 Å². The summed E-state index contributed by atoms with van der Waals surface area (Å²) in [6, 6.07) is 4.48. The third-order valence-corrected chi connectivity index (χ3v) is 3.11. The van der Waals surface area contributed by atoms with Crippen LogP contribution in [0, 0.1) is 6.92 Å². The molecule has 1 aromatic heterocycles. The van der Waals surface area contributed by atoms with Crippen LogP contribution in [0.1, 0.15) is 15.9 Å². The molecule has 2 N–H and O–H groups in total. The van der Waals surface area contributed by atoms with Crippen molar-refractivity contribution in [2.75, 3.05) is 0 Å². The number of rotatable bonds is 3. The van der Waals surface area contributed by atoms with E-state index in [0.29, 0.717) is 5.75 Å². The second kappa shape index (κ2) is 5.23. The molecule has 0 bridgehead atoms. The molecule has 98 valence electrons. The highest BCUT2D eigenvalue weighted by Gasteiger charge is 2.12. The number of aryl methyl sites for hydroxylation is 1. The Bertz CT molecular complexity index is 696. The van der Waals surface area contributed by atoms with Gasteiger partial charge in [0.25, 0.3) is 5.56 Å². The summed E-state index contributed by atoms with van der Waals surface area (Å²) in [5, 5.41) is 8.93. The number of aromatic nitrogens is 2. The van der Waals surface area contributed by atoms with Crippen LogP contribution in [-0.2, 0) is 0 Å². The molecule has 0 atom stereocenters. The van der Waals surface area contributed by atoms with Crippen LogP contribution in [0.2, 0.25) is 0 Å². The monoisotopic (exact) mass is 324 g/mol. The van der Waals surface area contributed by atoms with Crippen LogP contribution in [0.25, 0.3) is 0 Å². The third kappa shape index (κ3) is 2.82. The zero-order valence-electron chi connectivity index (χ0n) is 9.81. The Balaban J connectivity index is 2.43. The summed E-state index contributed by atoms with van der Waals surface area (Å²) in [7, 11) is 0. The van der Waals surface area contributed by atoms with Crippen LogP contribution < -0.4 is 10.3 Å². The molecule has 0 amide bonds. The first-order chi connectivity index (χ1) is 8.99. The molecule has 0 radical (unpaired) electrons. The molecule has 0 aliphatic rings. The Morgan fingerprint density at radius 1 is 1.47 bits per heavy atom. The molecule has 19 heavy (non-hydrogen) atoms. The first kappa shape index (κ1) is 13.3. The number of aromatic amines is 1. The van der Waals surface area contributed by atoms with Crippen molar-refractivity contribution in [1.82, 2.24) is 9.97 Å². The van der Waals surface area contributed by atoms with Gasteiger partial charge in [-0.25, -0.2) is 9.78 Å². The summed E-state index contributed by atoms with van der Waals surface area (Å²) in [6.07, 6.45) is 1.21. The number of nitrogens with zero attached hydrogens (tertiary/aromatic N) is 1. The summed E-state index contributed by atoms with van der Waals surface area (Å²) >= 11 is 3.06. The second-order valence-electron chi connectivity index (χ2n) is 3.74.